The lowest BCUT2D eigenvalue weighted by Gasteiger charge is -2.26. The number of hydrogen-bond donors (Lipinski definition) is 0. The molecule has 0 saturated heterocycles. The molecule has 0 fully saturated rings. The predicted molar refractivity (Wildman–Crippen MR) is 81.3 cm³/mol. The average molecular weight is 296 g/mol. The largest absolute Gasteiger partial charge is 0.484 e. The zero-order chi connectivity index (χ0) is 15.7. The summed E-state index contributed by atoms with van der Waals surface area (Å²) >= 11 is 0. The van der Waals surface area contributed by atoms with Gasteiger partial charge in [-0.15, -0.1) is 0 Å². The maximum atomic E-state index is 12.3. The molecule has 1 heterocycles. The summed E-state index contributed by atoms with van der Waals surface area (Å²) in [6.45, 7) is 1.95. The van der Waals surface area contributed by atoms with Crippen molar-refractivity contribution in [3.8, 4) is 5.75 Å². The molecule has 0 spiro atoms. The van der Waals surface area contributed by atoms with Crippen LogP contribution in [0, 0.1) is 6.92 Å². The lowest BCUT2D eigenvalue weighted by molar-refractivity contribution is 0.0600. The molecule has 2 aromatic rings. The van der Waals surface area contributed by atoms with Crippen LogP contribution in [-0.4, -0.2) is 18.9 Å². The van der Waals surface area contributed by atoms with E-state index in [1.54, 1.807) is 24.3 Å². The molecule has 1 unspecified atom stereocenters. The molecule has 0 radical (unpaired) electrons. The molecule has 0 aliphatic carbocycles. The van der Waals surface area contributed by atoms with Crippen LogP contribution >= 0.6 is 0 Å². The summed E-state index contributed by atoms with van der Waals surface area (Å²) in [5.74, 6) is 0.250. The number of ether oxygens (including phenoxy) is 2. The fourth-order valence-corrected chi connectivity index (χ4v) is 2.60. The van der Waals surface area contributed by atoms with Crippen molar-refractivity contribution in [2.75, 3.05) is 7.11 Å². The van der Waals surface area contributed by atoms with Crippen LogP contribution in [0.3, 0.4) is 0 Å². The van der Waals surface area contributed by atoms with Crippen molar-refractivity contribution in [2.45, 2.75) is 19.4 Å². The predicted octanol–water partition coefficient (Wildman–Crippen LogP) is 3.49. The second-order valence-electron chi connectivity index (χ2n) is 5.35. The van der Waals surface area contributed by atoms with Crippen LogP contribution < -0.4 is 4.74 Å². The molecule has 1 atom stereocenters. The Kier molecular flexibility index (Phi) is 3.67. The Balaban J connectivity index is 1.94. The highest BCUT2D eigenvalue weighted by Gasteiger charge is 2.28. The fraction of sp³-hybridized carbons (Fsp3) is 0.222. The van der Waals surface area contributed by atoms with Crippen molar-refractivity contribution < 1.29 is 19.1 Å². The zero-order valence-corrected chi connectivity index (χ0v) is 12.5. The second kappa shape index (κ2) is 5.64. The Bertz CT molecular complexity index is 749. The van der Waals surface area contributed by atoms with Crippen molar-refractivity contribution in [1.29, 1.82) is 0 Å². The molecule has 0 saturated carbocycles. The van der Waals surface area contributed by atoms with Crippen molar-refractivity contribution in [3.05, 3.63) is 64.7 Å². The van der Waals surface area contributed by atoms with Gasteiger partial charge in [0.05, 0.1) is 24.7 Å². The molecule has 4 nitrogen and oxygen atoms in total. The van der Waals surface area contributed by atoms with E-state index in [1.807, 2.05) is 25.1 Å². The van der Waals surface area contributed by atoms with Crippen molar-refractivity contribution in [2.24, 2.45) is 0 Å². The maximum absolute atomic E-state index is 12.3. The molecule has 0 N–H and O–H groups in total. The van der Waals surface area contributed by atoms with E-state index in [4.69, 9.17) is 9.47 Å². The molecule has 4 heteroatoms. The van der Waals surface area contributed by atoms with Crippen LogP contribution in [0.2, 0.25) is 0 Å². The first kappa shape index (κ1) is 14.3. The number of hydrogen-bond acceptors (Lipinski definition) is 4. The number of rotatable bonds is 2. The van der Waals surface area contributed by atoms with Gasteiger partial charge in [0.1, 0.15) is 11.9 Å². The molecular formula is C18H16O4. The molecule has 1 aliphatic rings. The van der Waals surface area contributed by atoms with Crippen LogP contribution in [0.1, 0.15) is 44.4 Å². The summed E-state index contributed by atoms with van der Waals surface area (Å²) in [4.78, 5) is 23.9. The van der Waals surface area contributed by atoms with Crippen LogP contribution in [-0.2, 0) is 4.74 Å². The van der Waals surface area contributed by atoms with E-state index in [0.29, 0.717) is 16.9 Å². The summed E-state index contributed by atoms with van der Waals surface area (Å²) < 4.78 is 10.7. The Morgan fingerprint density at radius 1 is 1.23 bits per heavy atom. The van der Waals surface area contributed by atoms with E-state index >= 15 is 0 Å². The van der Waals surface area contributed by atoms with Gasteiger partial charge < -0.3 is 9.47 Å². The highest BCUT2D eigenvalue weighted by Crippen LogP contribution is 2.35. The maximum Gasteiger partial charge on any atom is 0.337 e. The number of benzene rings is 2. The van der Waals surface area contributed by atoms with Gasteiger partial charge in [0.2, 0.25) is 0 Å². The van der Waals surface area contributed by atoms with E-state index in [9.17, 15) is 9.59 Å². The minimum atomic E-state index is -0.403. The molecule has 2 aromatic carbocycles. The van der Waals surface area contributed by atoms with Gasteiger partial charge in [0.15, 0.2) is 5.78 Å². The van der Waals surface area contributed by atoms with Crippen LogP contribution in [0.25, 0.3) is 0 Å². The molecule has 1 aliphatic heterocycles. The van der Waals surface area contributed by atoms with Gasteiger partial charge in [0, 0.05) is 0 Å². The minimum absolute atomic E-state index is 0.0507. The molecule has 3 rings (SSSR count). The van der Waals surface area contributed by atoms with E-state index < -0.39 is 5.97 Å². The lowest BCUT2D eigenvalue weighted by Crippen LogP contribution is -2.20. The highest BCUT2D eigenvalue weighted by atomic mass is 16.5. The smallest absolute Gasteiger partial charge is 0.337 e. The third kappa shape index (κ3) is 2.60. The van der Waals surface area contributed by atoms with Gasteiger partial charge >= 0.3 is 5.97 Å². The molecule has 0 amide bonds. The molecular weight excluding hydrogens is 280 g/mol. The minimum Gasteiger partial charge on any atom is -0.484 e. The third-order valence-corrected chi connectivity index (χ3v) is 3.76. The van der Waals surface area contributed by atoms with Gasteiger partial charge in [-0.1, -0.05) is 18.2 Å². The van der Waals surface area contributed by atoms with Gasteiger partial charge in [0.25, 0.3) is 0 Å². The number of ketones is 1. The zero-order valence-electron chi connectivity index (χ0n) is 12.5. The van der Waals surface area contributed by atoms with E-state index in [-0.39, 0.29) is 18.3 Å². The Labute approximate surface area is 128 Å². The number of carbonyl (C=O) groups is 2. The number of Topliss-reactive ketones (excluding diaryl/α,β-unsaturated/α-hetero) is 1. The summed E-state index contributed by atoms with van der Waals surface area (Å²) in [7, 11) is 1.34. The van der Waals surface area contributed by atoms with Crippen molar-refractivity contribution in [3.63, 3.8) is 0 Å². The monoisotopic (exact) mass is 296 g/mol. The van der Waals surface area contributed by atoms with E-state index in [1.165, 1.54) is 7.11 Å². The van der Waals surface area contributed by atoms with Crippen molar-refractivity contribution >= 4 is 11.8 Å². The highest BCUT2D eigenvalue weighted by molar-refractivity contribution is 6.00. The Morgan fingerprint density at radius 2 is 2.05 bits per heavy atom. The van der Waals surface area contributed by atoms with Crippen LogP contribution in [0.4, 0.5) is 0 Å². The summed E-state index contributed by atoms with van der Waals surface area (Å²) in [5, 5.41) is 0. The first-order valence-corrected chi connectivity index (χ1v) is 7.07. The van der Waals surface area contributed by atoms with Crippen molar-refractivity contribution in [1.82, 2.24) is 0 Å². The van der Waals surface area contributed by atoms with Gasteiger partial charge in [-0.3, -0.25) is 4.79 Å². The SMILES string of the molecule is COC(=O)c1cccc(C2CC(=O)c3ccc(C)cc3O2)c1. The average Bonchev–Trinajstić information content (AvgIpc) is 2.53. The number of aryl methyl sites for hydroxylation is 1. The first-order chi connectivity index (χ1) is 10.6. The quantitative estimate of drug-likeness (QED) is 0.796. The van der Waals surface area contributed by atoms with E-state index in [0.717, 1.165) is 11.1 Å². The third-order valence-electron chi connectivity index (χ3n) is 3.76. The summed E-state index contributed by atoms with van der Waals surface area (Å²) in [5.41, 5.74) is 2.90. The lowest BCUT2D eigenvalue weighted by atomic mass is 9.95. The summed E-state index contributed by atoms with van der Waals surface area (Å²) in [6, 6.07) is 12.6. The van der Waals surface area contributed by atoms with Gasteiger partial charge in [-0.25, -0.2) is 4.79 Å². The number of fused-ring (bicyclic) bond motifs is 1. The molecule has 0 bridgehead atoms. The summed E-state index contributed by atoms with van der Waals surface area (Å²) in [6.07, 6.45) is -0.118. The van der Waals surface area contributed by atoms with Gasteiger partial charge in [-0.05, 0) is 42.3 Å². The molecule has 0 aromatic heterocycles. The van der Waals surface area contributed by atoms with Crippen LogP contribution in [0.15, 0.2) is 42.5 Å². The Hall–Kier alpha value is -2.62. The van der Waals surface area contributed by atoms with E-state index in [2.05, 4.69) is 0 Å². The van der Waals surface area contributed by atoms with Gasteiger partial charge in [-0.2, -0.15) is 0 Å². The number of esters is 1. The Morgan fingerprint density at radius 3 is 2.82 bits per heavy atom. The number of methoxy groups -OCH3 is 1. The first-order valence-electron chi connectivity index (χ1n) is 7.07. The molecule has 112 valence electrons. The number of carbonyl (C=O) groups excluding carboxylic acids is 2. The molecule has 22 heavy (non-hydrogen) atoms. The topological polar surface area (TPSA) is 52.6 Å². The van der Waals surface area contributed by atoms with Crippen LogP contribution in [0.5, 0.6) is 5.75 Å². The fourth-order valence-electron chi connectivity index (χ4n) is 2.60. The second-order valence-corrected chi connectivity index (χ2v) is 5.35. The standard InChI is InChI=1S/C18H16O4/c1-11-6-7-14-15(19)10-16(22-17(14)8-11)12-4-3-5-13(9-12)18(20)21-2/h3-9,16H,10H2,1-2H3. The normalized spacial score (nSPS) is 16.6.